The largest absolute Gasteiger partial charge is 0.371 e. The average molecular weight is 587 g/mol. The van der Waals surface area contributed by atoms with Crippen LogP contribution in [0.4, 0.5) is 25.8 Å². The second-order valence-electron chi connectivity index (χ2n) is 11.9. The Labute approximate surface area is 238 Å². The summed E-state index contributed by atoms with van der Waals surface area (Å²) in [4.78, 5) is 17.5. The first kappa shape index (κ1) is 27.9. The Bertz CT molecular complexity index is 1600. The van der Waals surface area contributed by atoms with E-state index in [2.05, 4.69) is 20.0 Å². The molecule has 0 unspecified atom stereocenters. The molecular weight excluding hydrogens is 550 g/mol. The van der Waals surface area contributed by atoms with Gasteiger partial charge in [0, 0.05) is 31.2 Å². The Kier molecular flexibility index (Phi) is 6.76. The lowest BCUT2D eigenvalue weighted by Gasteiger charge is -2.42. The molecule has 12 heteroatoms. The molecule has 3 fully saturated rings. The fourth-order valence-corrected chi connectivity index (χ4v) is 6.70. The number of likely N-dealkylation sites (tertiary alicyclic amines) is 1. The van der Waals surface area contributed by atoms with Gasteiger partial charge in [-0.25, -0.2) is 17.2 Å². The van der Waals surface area contributed by atoms with Crippen molar-refractivity contribution < 1.29 is 22.0 Å². The van der Waals surface area contributed by atoms with Crippen LogP contribution in [0.1, 0.15) is 61.6 Å². The Morgan fingerprint density at radius 1 is 1.05 bits per heavy atom. The lowest BCUT2D eigenvalue weighted by Crippen LogP contribution is -2.56. The van der Waals surface area contributed by atoms with Crippen molar-refractivity contribution in [2.75, 3.05) is 46.9 Å². The maximum absolute atomic E-state index is 13.7. The van der Waals surface area contributed by atoms with Crippen LogP contribution < -0.4 is 14.9 Å². The molecule has 1 saturated carbocycles. The first-order valence-corrected chi connectivity index (χ1v) is 15.8. The van der Waals surface area contributed by atoms with Crippen molar-refractivity contribution in [3.63, 3.8) is 0 Å². The maximum Gasteiger partial charge on any atom is 0.272 e. The van der Waals surface area contributed by atoms with E-state index in [1.165, 1.54) is 12.8 Å². The van der Waals surface area contributed by atoms with Gasteiger partial charge in [-0.2, -0.15) is 5.10 Å². The van der Waals surface area contributed by atoms with Crippen molar-refractivity contribution in [2.24, 2.45) is 12.5 Å². The Hall–Kier alpha value is -3.25. The van der Waals surface area contributed by atoms with Crippen molar-refractivity contribution in [2.45, 2.75) is 51.5 Å². The minimum atomic E-state index is -3.47. The lowest BCUT2D eigenvalue weighted by atomic mass is 9.93. The zero-order valence-corrected chi connectivity index (χ0v) is 24.4. The highest BCUT2D eigenvalue weighted by molar-refractivity contribution is 7.92. The number of benzene rings is 2. The number of piperidine rings is 1. The summed E-state index contributed by atoms with van der Waals surface area (Å²) in [6.07, 6.45) is 4.62. The van der Waals surface area contributed by atoms with E-state index in [-0.39, 0.29) is 30.8 Å². The average Bonchev–Trinajstić information content (AvgIpc) is 3.59. The van der Waals surface area contributed by atoms with Gasteiger partial charge in [-0.15, -0.1) is 0 Å². The van der Waals surface area contributed by atoms with Gasteiger partial charge in [0.1, 0.15) is 0 Å². The van der Waals surface area contributed by atoms with E-state index in [9.17, 15) is 22.0 Å². The molecule has 1 aromatic heterocycles. The molecule has 1 atom stereocenters. The van der Waals surface area contributed by atoms with E-state index in [1.807, 2.05) is 26.1 Å². The van der Waals surface area contributed by atoms with E-state index in [0.717, 1.165) is 36.8 Å². The number of anilines is 3. The standard InChI is InChI=1S/C29H36F2N6O3S/c1-4-41(39,40)34-21-5-7-22(25(16-21)36-13-11-28(9-10-28)12-14-36)27(38)32-20-6-8-24-23(15-20)26(33-35(24)3)19(2)37-17-29(30,31)18-37/h5-8,15-16,19,34H,4,9-14,17-18H2,1-3H3,(H,32,38)/t19-/m1/s1. The van der Waals surface area contributed by atoms with E-state index < -0.39 is 15.9 Å². The molecule has 3 aromatic rings. The van der Waals surface area contributed by atoms with Crippen molar-refractivity contribution in [1.82, 2.24) is 14.7 Å². The number of aryl methyl sites for hydroxylation is 1. The van der Waals surface area contributed by atoms with E-state index in [1.54, 1.807) is 40.8 Å². The van der Waals surface area contributed by atoms with Crippen LogP contribution >= 0.6 is 0 Å². The molecule has 2 aliphatic heterocycles. The lowest BCUT2D eigenvalue weighted by molar-refractivity contribution is -0.144. The molecule has 0 radical (unpaired) electrons. The first-order chi connectivity index (χ1) is 19.4. The summed E-state index contributed by atoms with van der Waals surface area (Å²) in [5, 5.41) is 8.41. The molecule has 2 aromatic carbocycles. The van der Waals surface area contributed by atoms with Gasteiger partial charge in [0.05, 0.1) is 53.0 Å². The molecular formula is C29H36F2N6O3S. The van der Waals surface area contributed by atoms with Crippen LogP contribution in [0.25, 0.3) is 10.9 Å². The van der Waals surface area contributed by atoms with Crippen molar-refractivity contribution >= 4 is 43.9 Å². The maximum atomic E-state index is 13.7. The fraction of sp³-hybridized carbons (Fsp3) is 0.517. The summed E-state index contributed by atoms with van der Waals surface area (Å²) >= 11 is 0. The third kappa shape index (κ3) is 5.51. The molecule has 3 aliphatic rings. The van der Waals surface area contributed by atoms with Gasteiger partial charge in [0.15, 0.2) is 0 Å². The van der Waals surface area contributed by atoms with Crippen molar-refractivity contribution in [3.05, 3.63) is 47.7 Å². The number of nitrogens with one attached hydrogen (secondary N) is 2. The summed E-state index contributed by atoms with van der Waals surface area (Å²) in [5.41, 5.74) is 4.12. The Morgan fingerprint density at radius 3 is 2.37 bits per heavy atom. The second kappa shape index (κ2) is 9.94. The van der Waals surface area contributed by atoms with Gasteiger partial charge in [0.25, 0.3) is 11.8 Å². The molecule has 0 bridgehead atoms. The number of nitrogens with zero attached hydrogens (tertiary/aromatic N) is 4. The molecule has 1 amide bonds. The Balaban J connectivity index is 1.28. The molecule has 1 spiro atoms. The quantitative estimate of drug-likeness (QED) is 0.386. The highest BCUT2D eigenvalue weighted by Gasteiger charge is 2.47. The number of aromatic nitrogens is 2. The van der Waals surface area contributed by atoms with Crippen LogP contribution in [-0.2, 0) is 17.1 Å². The number of hydrogen-bond acceptors (Lipinski definition) is 6. The highest BCUT2D eigenvalue weighted by atomic mass is 32.2. The minimum absolute atomic E-state index is 0.0472. The summed E-state index contributed by atoms with van der Waals surface area (Å²) < 4.78 is 55.9. The van der Waals surface area contributed by atoms with Gasteiger partial charge in [-0.3, -0.25) is 19.1 Å². The van der Waals surface area contributed by atoms with E-state index in [0.29, 0.717) is 33.7 Å². The summed E-state index contributed by atoms with van der Waals surface area (Å²) in [6.45, 7) is 4.47. The van der Waals surface area contributed by atoms with E-state index >= 15 is 0 Å². The van der Waals surface area contributed by atoms with Gasteiger partial charge in [-0.1, -0.05) is 0 Å². The van der Waals surface area contributed by atoms with Gasteiger partial charge >= 0.3 is 0 Å². The number of amides is 1. The van der Waals surface area contributed by atoms with E-state index in [4.69, 9.17) is 0 Å². The third-order valence-electron chi connectivity index (χ3n) is 8.97. The molecule has 6 rings (SSSR count). The number of carbonyl (C=O) groups excluding carboxylic acids is 1. The zero-order chi connectivity index (χ0) is 29.2. The number of carbonyl (C=O) groups is 1. The van der Waals surface area contributed by atoms with Crippen LogP contribution in [0.15, 0.2) is 36.4 Å². The topological polar surface area (TPSA) is 99.6 Å². The molecule has 41 heavy (non-hydrogen) atoms. The second-order valence-corrected chi connectivity index (χ2v) is 13.9. The van der Waals surface area contributed by atoms with Gasteiger partial charge in [-0.05, 0) is 81.3 Å². The number of halogens is 2. The molecule has 9 nitrogen and oxygen atoms in total. The number of sulfonamides is 1. The molecule has 3 heterocycles. The molecule has 1 aliphatic carbocycles. The van der Waals surface area contributed by atoms with Crippen LogP contribution in [0.3, 0.4) is 0 Å². The molecule has 220 valence electrons. The summed E-state index contributed by atoms with van der Waals surface area (Å²) in [6, 6.07) is 10.2. The van der Waals surface area contributed by atoms with Crippen LogP contribution in [-0.4, -0.2) is 66.9 Å². The number of fused-ring (bicyclic) bond motifs is 1. The Morgan fingerprint density at radius 2 is 1.73 bits per heavy atom. The molecule has 2 saturated heterocycles. The zero-order valence-electron chi connectivity index (χ0n) is 23.6. The third-order valence-corrected chi connectivity index (χ3v) is 10.3. The van der Waals surface area contributed by atoms with Gasteiger partial charge < -0.3 is 10.2 Å². The SMILES string of the molecule is CCS(=O)(=O)Nc1ccc(C(=O)Nc2ccc3c(c2)c([C@@H](C)N2CC(F)(F)C2)nn3C)c(N2CCC3(CC2)CC3)c1. The fourth-order valence-electron chi connectivity index (χ4n) is 6.07. The number of hydrogen-bond donors (Lipinski definition) is 2. The predicted octanol–water partition coefficient (Wildman–Crippen LogP) is 4.98. The molecule has 2 N–H and O–H groups in total. The normalized spacial score (nSPS) is 20.6. The highest BCUT2D eigenvalue weighted by Crippen LogP contribution is 2.54. The summed E-state index contributed by atoms with van der Waals surface area (Å²) in [5.74, 6) is -3.03. The van der Waals surface area contributed by atoms with Crippen molar-refractivity contribution in [1.29, 1.82) is 0 Å². The minimum Gasteiger partial charge on any atom is -0.371 e. The number of alkyl halides is 2. The van der Waals surface area contributed by atoms with Crippen LogP contribution in [0.5, 0.6) is 0 Å². The monoisotopic (exact) mass is 586 g/mol. The van der Waals surface area contributed by atoms with Crippen LogP contribution in [0, 0.1) is 5.41 Å². The smallest absolute Gasteiger partial charge is 0.272 e. The first-order valence-electron chi connectivity index (χ1n) is 14.2. The van der Waals surface area contributed by atoms with Gasteiger partial charge in [0.2, 0.25) is 10.0 Å². The summed E-state index contributed by atoms with van der Waals surface area (Å²) in [7, 11) is -1.66. The van der Waals surface area contributed by atoms with Crippen molar-refractivity contribution in [3.8, 4) is 0 Å². The predicted molar refractivity (Wildman–Crippen MR) is 156 cm³/mol. The van der Waals surface area contributed by atoms with Crippen LogP contribution in [0.2, 0.25) is 0 Å². The number of rotatable bonds is 8.